The molecule has 1 aromatic heterocycles. The predicted molar refractivity (Wildman–Crippen MR) is 75.1 cm³/mol. The van der Waals surface area contributed by atoms with E-state index in [2.05, 4.69) is 38.7 Å². The third kappa shape index (κ3) is 1.93. The summed E-state index contributed by atoms with van der Waals surface area (Å²) >= 11 is 3.37. The fraction of sp³-hybridized carbons (Fsp3) is 0.357. The molecule has 0 saturated carbocycles. The number of aromatic nitrogens is 1. The van der Waals surface area contributed by atoms with Gasteiger partial charge in [0.05, 0.1) is 4.83 Å². The van der Waals surface area contributed by atoms with E-state index in [-0.39, 0.29) is 10.6 Å². The van der Waals surface area contributed by atoms with Crippen LogP contribution in [0.25, 0.3) is 10.9 Å². The minimum absolute atomic E-state index is 0.146. The fourth-order valence-corrected chi connectivity index (χ4v) is 2.42. The van der Waals surface area contributed by atoms with Crippen molar-refractivity contribution in [1.82, 2.24) is 4.57 Å². The highest BCUT2D eigenvalue weighted by molar-refractivity contribution is 9.10. The van der Waals surface area contributed by atoms with E-state index in [0.717, 1.165) is 22.2 Å². The summed E-state index contributed by atoms with van der Waals surface area (Å²) < 4.78 is 2.08. The van der Waals surface area contributed by atoms with Crippen molar-refractivity contribution in [2.45, 2.75) is 25.6 Å². The van der Waals surface area contributed by atoms with Crippen molar-refractivity contribution in [1.29, 1.82) is 0 Å². The Balaban J connectivity index is 2.82. The smallest absolute Gasteiger partial charge is 0.178 e. The number of rotatable bonds is 2. The quantitative estimate of drug-likeness (QED) is 0.610. The van der Waals surface area contributed by atoms with Gasteiger partial charge in [0.15, 0.2) is 5.78 Å². The van der Waals surface area contributed by atoms with E-state index < -0.39 is 0 Å². The second-order valence-corrected chi connectivity index (χ2v) is 5.89. The zero-order valence-electron chi connectivity index (χ0n) is 10.5. The summed E-state index contributed by atoms with van der Waals surface area (Å²) in [6, 6.07) is 6.24. The number of carbonyl (C=O) groups excluding carboxylic acids is 1. The summed E-state index contributed by atoms with van der Waals surface area (Å²) in [7, 11) is 2.00. The topological polar surface area (TPSA) is 22.0 Å². The van der Waals surface area contributed by atoms with Crippen LogP contribution in [0, 0.1) is 13.8 Å². The monoisotopic (exact) mass is 293 g/mol. The summed E-state index contributed by atoms with van der Waals surface area (Å²) in [6.07, 6.45) is 0. The molecule has 0 amide bonds. The molecule has 1 heterocycles. The van der Waals surface area contributed by atoms with Crippen LogP contribution in [0.4, 0.5) is 0 Å². The molecule has 2 rings (SSSR count). The van der Waals surface area contributed by atoms with E-state index >= 15 is 0 Å². The van der Waals surface area contributed by atoms with Gasteiger partial charge in [0.25, 0.3) is 0 Å². The number of fused-ring (bicyclic) bond motifs is 1. The maximum atomic E-state index is 12.2. The minimum atomic E-state index is -0.146. The Morgan fingerprint density at radius 3 is 2.59 bits per heavy atom. The number of nitrogens with zero attached hydrogens (tertiary/aromatic N) is 1. The number of hydrogen-bond donors (Lipinski definition) is 0. The predicted octanol–water partition coefficient (Wildman–Crippen LogP) is 3.76. The largest absolute Gasteiger partial charge is 0.347 e. The van der Waals surface area contributed by atoms with Gasteiger partial charge in [-0.2, -0.15) is 0 Å². The SMILES string of the molecule is Cc1ccc2c(c1)c(C(=O)[C@@H](C)Br)c(C)n2C. The molecule has 3 heteroatoms. The van der Waals surface area contributed by atoms with Crippen LogP contribution in [0.1, 0.15) is 28.5 Å². The minimum Gasteiger partial charge on any atom is -0.347 e. The molecule has 1 aromatic carbocycles. The van der Waals surface area contributed by atoms with Gasteiger partial charge >= 0.3 is 0 Å². The Morgan fingerprint density at radius 2 is 2.00 bits per heavy atom. The van der Waals surface area contributed by atoms with E-state index in [1.54, 1.807) is 0 Å². The van der Waals surface area contributed by atoms with Crippen LogP contribution in [0.2, 0.25) is 0 Å². The average molecular weight is 294 g/mol. The number of alkyl halides is 1. The highest BCUT2D eigenvalue weighted by Crippen LogP contribution is 2.28. The molecule has 0 radical (unpaired) electrons. The first kappa shape index (κ1) is 12.4. The highest BCUT2D eigenvalue weighted by Gasteiger charge is 2.21. The van der Waals surface area contributed by atoms with Crippen LogP contribution in [0.15, 0.2) is 18.2 Å². The van der Waals surface area contributed by atoms with Gasteiger partial charge in [0.1, 0.15) is 0 Å². The molecule has 0 aliphatic carbocycles. The van der Waals surface area contributed by atoms with Gasteiger partial charge in [-0.1, -0.05) is 27.6 Å². The number of ketones is 1. The molecule has 0 N–H and O–H groups in total. The molecule has 2 aromatic rings. The number of benzene rings is 1. The van der Waals surface area contributed by atoms with Gasteiger partial charge in [-0.25, -0.2) is 0 Å². The summed E-state index contributed by atoms with van der Waals surface area (Å²) in [4.78, 5) is 12.1. The molecular weight excluding hydrogens is 278 g/mol. The molecule has 0 spiro atoms. The van der Waals surface area contributed by atoms with Crippen LogP contribution < -0.4 is 0 Å². The van der Waals surface area contributed by atoms with E-state index in [1.807, 2.05) is 27.8 Å². The number of Topliss-reactive ketones (excluding diaryl/α,β-unsaturated/α-hetero) is 1. The standard InChI is InChI=1S/C14H16BrNO/c1-8-5-6-12-11(7-8)13(10(3)16(12)4)14(17)9(2)15/h5-7,9H,1-4H3/t9-/m1/s1. The molecule has 0 aliphatic heterocycles. The van der Waals surface area contributed by atoms with Crippen molar-refractivity contribution in [2.24, 2.45) is 7.05 Å². The molecule has 0 fully saturated rings. The Morgan fingerprint density at radius 1 is 1.35 bits per heavy atom. The average Bonchev–Trinajstić information content (AvgIpc) is 2.50. The summed E-state index contributed by atoms with van der Waals surface area (Å²) in [5, 5.41) is 1.06. The van der Waals surface area contributed by atoms with Gasteiger partial charge in [0.2, 0.25) is 0 Å². The van der Waals surface area contributed by atoms with Crippen molar-refractivity contribution in [3.8, 4) is 0 Å². The molecule has 0 bridgehead atoms. The molecule has 2 nitrogen and oxygen atoms in total. The van der Waals surface area contributed by atoms with Gasteiger partial charge in [-0.05, 0) is 32.9 Å². The van der Waals surface area contributed by atoms with Gasteiger partial charge < -0.3 is 4.57 Å². The van der Waals surface area contributed by atoms with Crippen LogP contribution in [0.3, 0.4) is 0 Å². The lowest BCUT2D eigenvalue weighted by molar-refractivity contribution is 0.0996. The van der Waals surface area contributed by atoms with Gasteiger partial charge in [0, 0.05) is 29.2 Å². The molecule has 0 aliphatic rings. The normalized spacial score (nSPS) is 13.0. The van der Waals surface area contributed by atoms with E-state index in [0.29, 0.717) is 0 Å². The first-order valence-corrected chi connectivity index (χ1v) is 6.59. The first-order valence-electron chi connectivity index (χ1n) is 5.67. The van der Waals surface area contributed by atoms with Crippen LogP contribution >= 0.6 is 15.9 Å². The van der Waals surface area contributed by atoms with Crippen LogP contribution in [-0.4, -0.2) is 15.2 Å². The maximum Gasteiger partial charge on any atom is 0.178 e. The number of aryl methyl sites for hydroxylation is 2. The van der Waals surface area contributed by atoms with Crippen LogP contribution in [-0.2, 0) is 7.05 Å². The number of carbonyl (C=O) groups is 1. The second-order valence-electron chi connectivity index (χ2n) is 4.52. The Bertz CT molecular complexity index is 596. The Hall–Kier alpha value is -1.09. The van der Waals surface area contributed by atoms with Crippen molar-refractivity contribution in [2.75, 3.05) is 0 Å². The van der Waals surface area contributed by atoms with Crippen LogP contribution in [0.5, 0.6) is 0 Å². The summed E-state index contributed by atoms with van der Waals surface area (Å²) in [5.41, 5.74) is 4.17. The van der Waals surface area contributed by atoms with Crippen molar-refractivity contribution >= 4 is 32.6 Å². The van der Waals surface area contributed by atoms with Gasteiger partial charge in [-0.3, -0.25) is 4.79 Å². The Kier molecular flexibility index (Phi) is 3.13. The van der Waals surface area contributed by atoms with Crippen molar-refractivity contribution < 1.29 is 4.79 Å². The van der Waals surface area contributed by atoms with E-state index in [9.17, 15) is 4.79 Å². The maximum absolute atomic E-state index is 12.2. The molecule has 0 unspecified atom stereocenters. The molecule has 90 valence electrons. The third-order valence-electron chi connectivity index (χ3n) is 3.26. The third-order valence-corrected chi connectivity index (χ3v) is 3.67. The first-order chi connectivity index (χ1) is 7.93. The number of hydrogen-bond acceptors (Lipinski definition) is 1. The molecule has 1 atom stereocenters. The highest BCUT2D eigenvalue weighted by atomic mass is 79.9. The number of halogens is 1. The zero-order chi connectivity index (χ0) is 12.7. The zero-order valence-corrected chi connectivity index (χ0v) is 12.1. The Labute approximate surface area is 110 Å². The fourth-order valence-electron chi connectivity index (χ4n) is 2.20. The van der Waals surface area contributed by atoms with Crippen molar-refractivity contribution in [3.05, 3.63) is 35.0 Å². The molecule has 0 saturated heterocycles. The van der Waals surface area contributed by atoms with Gasteiger partial charge in [-0.15, -0.1) is 0 Å². The molecular formula is C14H16BrNO. The summed E-state index contributed by atoms with van der Waals surface area (Å²) in [6.45, 7) is 5.92. The van der Waals surface area contributed by atoms with E-state index in [4.69, 9.17) is 0 Å². The molecule has 17 heavy (non-hydrogen) atoms. The lowest BCUT2D eigenvalue weighted by atomic mass is 10.0. The lowest BCUT2D eigenvalue weighted by Crippen LogP contribution is -2.11. The second kappa shape index (κ2) is 4.30. The lowest BCUT2D eigenvalue weighted by Gasteiger charge is -2.03. The van der Waals surface area contributed by atoms with E-state index in [1.165, 1.54) is 5.56 Å². The summed E-state index contributed by atoms with van der Waals surface area (Å²) in [5.74, 6) is 0.152. The van der Waals surface area contributed by atoms with Crippen molar-refractivity contribution in [3.63, 3.8) is 0 Å².